The van der Waals surface area contributed by atoms with Crippen molar-refractivity contribution in [1.82, 2.24) is 0 Å². The third-order valence-corrected chi connectivity index (χ3v) is 3.97. The van der Waals surface area contributed by atoms with Gasteiger partial charge in [-0.05, 0) is 30.7 Å². The molecule has 17 heavy (non-hydrogen) atoms. The molecule has 1 aliphatic rings. The van der Waals surface area contributed by atoms with E-state index in [0.717, 1.165) is 24.3 Å². The standard InChI is InChI=1S/C12H14FNO2S/c13-10-5-1-4-9(12(15)16)11(10)14-8-3-2-6-17-7-8/h1,4-5,8,14H,2-3,6-7H2,(H,15,16). The molecule has 0 aromatic heterocycles. The second kappa shape index (κ2) is 5.40. The van der Waals surface area contributed by atoms with Gasteiger partial charge in [0.15, 0.2) is 0 Å². The summed E-state index contributed by atoms with van der Waals surface area (Å²) in [5.41, 5.74) is 0.119. The highest BCUT2D eigenvalue weighted by Crippen LogP contribution is 2.25. The van der Waals surface area contributed by atoms with Crippen LogP contribution in [0.1, 0.15) is 23.2 Å². The molecular formula is C12H14FNO2S. The first-order valence-corrected chi connectivity index (χ1v) is 6.70. The minimum Gasteiger partial charge on any atom is -0.478 e. The average molecular weight is 255 g/mol. The molecule has 1 saturated heterocycles. The number of aromatic carboxylic acids is 1. The lowest BCUT2D eigenvalue weighted by Gasteiger charge is -2.24. The number of carbonyl (C=O) groups is 1. The molecular weight excluding hydrogens is 241 g/mol. The number of halogens is 1. The summed E-state index contributed by atoms with van der Waals surface area (Å²) in [6.07, 6.45) is 2.04. The van der Waals surface area contributed by atoms with Gasteiger partial charge in [-0.25, -0.2) is 9.18 Å². The third-order valence-electron chi connectivity index (χ3n) is 2.75. The Labute approximate surface area is 103 Å². The number of thioether (sulfide) groups is 1. The first-order valence-electron chi connectivity index (χ1n) is 5.54. The van der Waals surface area contributed by atoms with Crippen LogP contribution in [0.3, 0.4) is 0 Å². The molecule has 1 aliphatic heterocycles. The predicted molar refractivity (Wildman–Crippen MR) is 67.3 cm³/mol. The Bertz CT molecular complexity index is 419. The number of hydrogen-bond acceptors (Lipinski definition) is 3. The van der Waals surface area contributed by atoms with Crippen molar-refractivity contribution in [3.8, 4) is 0 Å². The summed E-state index contributed by atoms with van der Waals surface area (Å²) >= 11 is 1.81. The molecule has 0 amide bonds. The molecule has 1 aromatic carbocycles. The lowest BCUT2D eigenvalue weighted by atomic mass is 10.1. The molecule has 92 valence electrons. The Morgan fingerprint density at radius 3 is 3.00 bits per heavy atom. The van der Waals surface area contributed by atoms with E-state index in [1.54, 1.807) is 0 Å². The second-order valence-corrected chi connectivity index (χ2v) is 5.18. The summed E-state index contributed by atoms with van der Waals surface area (Å²) in [7, 11) is 0. The van der Waals surface area contributed by atoms with Crippen molar-refractivity contribution in [3.05, 3.63) is 29.6 Å². The Morgan fingerprint density at radius 1 is 1.53 bits per heavy atom. The van der Waals surface area contributed by atoms with E-state index in [2.05, 4.69) is 5.32 Å². The molecule has 1 fully saturated rings. The fraction of sp³-hybridized carbons (Fsp3) is 0.417. The zero-order chi connectivity index (χ0) is 12.3. The minimum atomic E-state index is -1.10. The van der Waals surface area contributed by atoms with Crippen LogP contribution < -0.4 is 5.32 Å². The van der Waals surface area contributed by atoms with Gasteiger partial charge in [-0.15, -0.1) is 0 Å². The molecule has 0 spiro atoms. The van der Waals surface area contributed by atoms with Gasteiger partial charge in [0, 0.05) is 11.8 Å². The number of anilines is 1. The number of benzene rings is 1. The van der Waals surface area contributed by atoms with Crippen LogP contribution in [0.25, 0.3) is 0 Å². The maximum atomic E-state index is 13.6. The first kappa shape index (κ1) is 12.2. The van der Waals surface area contributed by atoms with Gasteiger partial charge in [0.2, 0.25) is 0 Å². The van der Waals surface area contributed by atoms with E-state index >= 15 is 0 Å². The molecule has 3 nitrogen and oxygen atoms in total. The molecule has 0 aliphatic carbocycles. The molecule has 0 bridgehead atoms. The maximum Gasteiger partial charge on any atom is 0.337 e. The van der Waals surface area contributed by atoms with E-state index in [1.165, 1.54) is 18.2 Å². The monoisotopic (exact) mass is 255 g/mol. The molecule has 5 heteroatoms. The van der Waals surface area contributed by atoms with E-state index in [4.69, 9.17) is 5.11 Å². The third kappa shape index (κ3) is 2.91. The van der Waals surface area contributed by atoms with E-state index in [0.29, 0.717) is 0 Å². The summed E-state index contributed by atoms with van der Waals surface area (Å²) in [4.78, 5) is 11.0. The number of carboxylic acids is 1. The van der Waals surface area contributed by atoms with Crippen LogP contribution in [-0.2, 0) is 0 Å². The predicted octanol–water partition coefficient (Wildman–Crippen LogP) is 2.83. The van der Waals surface area contributed by atoms with Crippen molar-refractivity contribution >= 4 is 23.4 Å². The van der Waals surface area contributed by atoms with Gasteiger partial charge in [-0.3, -0.25) is 0 Å². The summed E-state index contributed by atoms with van der Waals surface area (Å²) in [6.45, 7) is 0. The van der Waals surface area contributed by atoms with Gasteiger partial charge >= 0.3 is 5.97 Å². The van der Waals surface area contributed by atoms with Crippen LogP contribution in [0.4, 0.5) is 10.1 Å². The normalized spacial score (nSPS) is 19.9. The van der Waals surface area contributed by atoms with Gasteiger partial charge in [0.1, 0.15) is 5.82 Å². The summed E-state index contributed by atoms with van der Waals surface area (Å²) < 4.78 is 13.6. The van der Waals surface area contributed by atoms with E-state index in [1.807, 2.05) is 11.8 Å². The number of nitrogens with one attached hydrogen (secondary N) is 1. The van der Waals surface area contributed by atoms with Crippen molar-refractivity contribution in [2.24, 2.45) is 0 Å². The smallest absolute Gasteiger partial charge is 0.337 e. The molecule has 2 rings (SSSR count). The maximum absolute atomic E-state index is 13.6. The van der Waals surface area contributed by atoms with Gasteiger partial charge in [-0.1, -0.05) is 6.07 Å². The Kier molecular flexibility index (Phi) is 3.89. The van der Waals surface area contributed by atoms with Crippen LogP contribution in [-0.4, -0.2) is 28.6 Å². The molecule has 0 radical (unpaired) electrons. The fourth-order valence-electron chi connectivity index (χ4n) is 1.91. The summed E-state index contributed by atoms with van der Waals surface area (Å²) in [5.74, 6) is 0.421. The minimum absolute atomic E-state index is 0.000531. The molecule has 0 saturated carbocycles. The quantitative estimate of drug-likeness (QED) is 0.872. The number of rotatable bonds is 3. The fourth-order valence-corrected chi connectivity index (χ4v) is 2.98. The first-order chi connectivity index (χ1) is 8.18. The van der Waals surface area contributed by atoms with Crippen LogP contribution in [0.5, 0.6) is 0 Å². The Balaban J connectivity index is 2.21. The second-order valence-electron chi connectivity index (χ2n) is 4.03. The van der Waals surface area contributed by atoms with Crippen LogP contribution in [0, 0.1) is 5.82 Å². The van der Waals surface area contributed by atoms with Crippen LogP contribution in [0.15, 0.2) is 18.2 Å². The van der Waals surface area contributed by atoms with Crippen molar-refractivity contribution in [3.63, 3.8) is 0 Å². The molecule has 1 atom stereocenters. The number of carboxylic acid groups (broad SMARTS) is 1. The number of para-hydroxylation sites is 1. The number of hydrogen-bond donors (Lipinski definition) is 2. The van der Waals surface area contributed by atoms with E-state index in [9.17, 15) is 9.18 Å². The molecule has 1 unspecified atom stereocenters. The van der Waals surface area contributed by atoms with Crippen molar-refractivity contribution in [1.29, 1.82) is 0 Å². The molecule has 1 heterocycles. The highest BCUT2D eigenvalue weighted by atomic mass is 32.2. The van der Waals surface area contributed by atoms with E-state index < -0.39 is 11.8 Å². The molecule has 1 aromatic rings. The van der Waals surface area contributed by atoms with Crippen molar-refractivity contribution in [2.45, 2.75) is 18.9 Å². The average Bonchev–Trinajstić information content (AvgIpc) is 2.33. The van der Waals surface area contributed by atoms with Gasteiger partial charge < -0.3 is 10.4 Å². The highest BCUT2D eigenvalue weighted by molar-refractivity contribution is 7.99. The van der Waals surface area contributed by atoms with Gasteiger partial charge in [0.25, 0.3) is 0 Å². The SMILES string of the molecule is O=C(O)c1cccc(F)c1NC1CCCSC1. The summed E-state index contributed by atoms with van der Waals surface area (Å²) in [6, 6.07) is 4.28. The zero-order valence-corrected chi connectivity index (χ0v) is 10.1. The van der Waals surface area contributed by atoms with Crippen molar-refractivity contribution in [2.75, 3.05) is 16.8 Å². The highest BCUT2D eigenvalue weighted by Gasteiger charge is 2.19. The van der Waals surface area contributed by atoms with Crippen LogP contribution >= 0.6 is 11.8 Å². The topological polar surface area (TPSA) is 49.3 Å². The summed E-state index contributed by atoms with van der Waals surface area (Å²) in [5, 5.41) is 12.0. The Hall–Kier alpha value is -1.23. The Morgan fingerprint density at radius 2 is 2.35 bits per heavy atom. The van der Waals surface area contributed by atoms with Crippen LogP contribution in [0.2, 0.25) is 0 Å². The van der Waals surface area contributed by atoms with Crippen molar-refractivity contribution < 1.29 is 14.3 Å². The zero-order valence-electron chi connectivity index (χ0n) is 9.28. The van der Waals surface area contributed by atoms with Gasteiger partial charge in [0.05, 0.1) is 11.3 Å². The lowest BCUT2D eigenvalue weighted by molar-refractivity contribution is 0.0697. The lowest BCUT2D eigenvalue weighted by Crippen LogP contribution is -2.27. The van der Waals surface area contributed by atoms with E-state index in [-0.39, 0.29) is 17.3 Å². The largest absolute Gasteiger partial charge is 0.478 e. The molecule has 2 N–H and O–H groups in total. The van der Waals surface area contributed by atoms with Gasteiger partial charge in [-0.2, -0.15) is 11.8 Å².